The molecule has 1 aliphatic rings. The second-order valence-electron chi connectivity index (χ2n) is 5.48. The third kappa shape index (κ3) is 6.20. The van der Waals surface area contributed by atoms with Gasteiger partial charge in [-0.15, -0.1) is 12.4 Å². The van der Waals surface area contributed by atoms with Crippen molar-refractivity contribution in [1.29, 1.82) is 0 Å². The van der Waals surface area contributed by atoms with Crippen molar-refractivity contribution in [1.82, 2.24) is 10.6 Å². The third-order valence-electron chi connectivity index (χ3n) is 3.98. The lowest BCUT2D eigenvalue weighted by Gasteiger charge is -2.34. The number of hydrogen-bond acceptors (Lipinski definition) is 4. The van der Waals surface area contributed by atoms with Crippen LogP contribution in [0.4, 0.5) is 0 Å². The lowest BCUT2D eigenvalue weighted by Crippen LogP contribution is -2.49. The third-order valence-corrected chi connectivity index (χ3v) is 3.98. The maximum absolute atomic E-state index is 12.2. The van der Waals surface area contributed by atoms with Gasteiger partial charge < -0.3 is 21.1 Å². The topological polar surface area (TPSA) is 93.5 Å². The molecule has 21 heavy (non-hydrogen) atoms. The minimum Gasteiger partial charge on any atom is -0.381 e. The van der Waals surface area contributed by atoms with E-state index in [1.807, 2.05) is 13.8 Å². The fourth-order valence-electron chi connectivity index (χ4n) is 2.21. The summed E-state index contributed by atoms with van der Waals surface area (Å²) in [4.78, 5) is 23.8. The molecule has 1 heterocycles. The molecule has 1 rings (SSSR count). The fourth-order valence-corrected chi connectivity index (χ4v) is 2.21. The summed E-state index contributed by atoms with van der Waals surface area (Å²) < 4.78 is 5.28. The summed E-state index contributed by atoms with van der Waals surface area (Å²) in [5, 5.41) is 5.70. The molecule has 0 saturated carbocycles. The Labute approximate surface area is 133 Å². The van der Waals surface area contributed by atoms with Crippen LogP contribution >= 0.6 is 12.4 Å². The number of carbonyl (C=O) groups excluding carboxylic acids is 2. The van der Waals surface area contributed by atoms with Crippen LogP contribution in [0.25, 0.3) is 0 Å². The van der Waals surface area contributed by atoms with Crippen LogP contribution in [0, 0.1) is 5.41 Å². The lowest BCUT2D eigenvalue weighted by atomic mass is 9.79. The zero-order valence-electron chi connectivity index (χ0n) is 12.9. The summed E-state index contributed by atoms with van der Waals surface area (Å²) in [6, 6.07) is 0.170. The second-order valence-corrected chi connectivity index (χ2v) is 5.48. The molecule has 0 aromatic rings. The Morgan fingerprint density at radius 1 is 1.33 bits per heavy atom. The van der Waals surface area contributed by atoms with Gasteiger partial charge in [-0.3, -0.25) is 9.59 Å². The average Bonchev–Trinajstić information content (AvgIpc) is 2.47. The van der Waals surface area contributed by atoms with E-state index < -0.39 is 5.41 Å². The van der Waals surface area contributed by atoms with Gasteiger partial charge in [0.05, 0.1) is 5.41 Å². The van der Waals surface area contributed by atoms with Gasteiger partial charge in [0.25, 0.3) is 0 Å². The number of hydrogen-bond donors (Lipinski definition) is 3. The van der Waals surface area contributed by atoms with E-state index in [4.69, 9.17) is 10.5 Å². The molecule has 0 radical (unpaired) electrons. The molecule has 0 spiro atoms. The molecular weight excluding hydrogens is 294 g/mol. The van der Waals surface area contributed by atoms with Crippen LogP contribution in [0.15, 0.2) is 0 Å². The van der Waals surface area contributed by atoms with E-state index in [0.29, 0.717) is 45.6 Å². The largest absolute Gasteiger partial charge is 0.381 e. The van der Waals surface area contributed by atoms with Gasteiger partial charge in [-0.05, 0) is 26.2 Å². The SMILES string of the molecule is CCC(C)NC(=O)CCNC(=O)C1(CN)CCOCC1.Cl. The van der Waals surface area contributed by atoms with Gasteiger partial charge in [0, 0.05) is 38.8 Å². The van der Waals surface area contributed by atoms with Crippen LogP contribution in [0.5, 0.6) is 0 Å². The number of carbonyl (C=O) groups is 2. The zero-order valence-corrected chi connectivity index (χ0v) is 13.8. The first-order chi connectivity index (χ1) is 9.54. The zero-order chi connectivity index (χ0) is 15.0. The van der Waals surface area contributed by atoms with E-state index >= 15 is 0 Å². The first kappa shape index (κ1) is 20.1. The Morgan fingerprint density at radius 2 is 1.95 bits per heavy atom. The summed E-state index contributed by atoms with van der Waals surface area (Å²) in [5.74, 6) is -0.0898. The number of amides is 2. The molecule has 1 atom stereocenters. The van der Waals surface area contributed by atoms with Gasteiger partial charge in [-0.25, -0.2) is 0 Å². The highest BCUT2D eigenvalue weighted by Gasteiger charge is 2.38. The Hall–Kier alpha value is -0.850. The van der Waals surface area contributed by atoms with Crippen molar-refractivity contribution >= 4 is 24.2 Å². The van der Waals surface area contributed by atoms with Crippen molar-refractivity contribution in [3.05, 3.63) is 0 Å². The van der Waals surface area contributed by atoms with E-state index in [1.54, 1.807) is 0 Å². The molecule has 7 heteroatoms. The van der Waals surface area contributed by atoms with E-state index in [-0.39, 0.29) is 30.3 Å². The normalized spacial score (nSPS) is 18.2. The van der Waals surface area contributed by atoms with Crippen LogP contribution in [0.3, 0.4) is 0 Å². The molecule has 124 valence electrons. The van der Waals surface area contributed by atoms with Crippen LogP contribution in [0.1, 0.15) is 39.5 Å². The van der Waals surface area contributed by atoms with Gasteiger partial charge in [0.15, 0.2) is 0 Å². The number of halogens is 1. The maximum atomic E-state index is 12.2. The summed E-state index contributed by atoms with van der Waals surface area (Å²) in [5.41, 5.74) is 5.24. The molecule has 6 nitrogen and oxygen atoms in total. The Kier molecular flexibility index (Phi) is 9.57. The minimum atomic E-state index is -0.522. The maximum Gasteiger partial charge on any atom is 0.227 e. The molecule has 1 saturated heterocycles. The molecule has 1 unspecified atom stereocenters. The average molecular weight is 322 g/mol. The number of nitrogens with two attached hydrogens (primary N) is 1. The monoisotopic (exact) mass is 321 g/mol. The first-order valence-corrected chi connectivity index (χ1v) is 7.39. The fraction of sp³-hybridized carbons (Fsp3) is 0.857. The van der Waals surface area contributed by atoms with Crippen molar-refractivity contribution in [3.8, 4) is 0 Å². The van der Waals surface area contributed by atoms with E-state index in [0.717, 1.165) is 6.42 Å². The Morgan fingerprint density at radius 3 is 2.48 bits per heavy atom. The van der Waals surface area contributed by atoms with Gasteiger partial charge in [-0.2, -0.15) is 0 Å². The predicted molar refractivity (Wildman–Crippen MR) is 84.3 cm³/mol. The number of nitrogens with one attached hydrogen (secondary N) is 2. The lowest BCUT2D eigenvalue weighted by molar-refractivity contribution is -0.136. The first-order valence-electron chi connectivity index (χ1n) is 7.39. The molecular formula is C14H28ClN3O3. The Balaban J connectivity index is 0.00000400. The van der Waals surface area contributed by atoms with Gasteiger partial charge >= 0.3 is 0 Å². The van der Waals surface area contributed by atoms with Crippen molar-refractivity contribution in [2.45, 2.75) is 45.6 Å². The van der Waals surface area contributed by atoms with Gasteiger partial charge in [0.1, 0.15) is 0 Å². The highest BCUT2D eigenvalue weighted by molar-refractivity contribution is 5.85. The molecule has 0 aromatic heterocycles. The quantitative estimate of drug-likeness (QED) is 0.639. The van der Waals surface area contributed by atoms with Crippen molar-refractivity contribution in [2.24, 2.45) is 11.1 Å². The number of rotatable bonds is 7. The summed E-state index contributed by atoms with van der Waals surface area (Å²) in [7, 11) is 0. The Bertz CT molecular complexity index is 333. The van der Waals surface area contributed by atoms with Crippen molar-refractivity contribution in [2.75, 3.05) is 26.3 Å². The van der Waals surface area contributed by atoms with Crippen molar-refractivity contribution < 1.29 is 14.3 Å². The van der Waals surface area contributed by atoms with Crippen LogP contribution in [-0.2, 0) is 14.3 Å². The summed E-state index contributed by atoms with van der Waals surface area (Å²) in [6.07, 6.45) is 2.49. The molecule has 4 N–H and O–H groups in total. The summed E-state index contributed by atoms with van der Waals surface area (Å²) in [6.45, 7) is 5.79. The van der Waals surface area contributed by atoms with Gasteiger partial charge in [-0.1, -0.05) is 6.92 Å². The second kappa shape index (κ2) is 9.97. The minimum absolute atomic E-state index is 0. The van der Waals surface area contributed by atoms with Crippen LogP contribution < -0.4 is 16.4 Å². The van der Waals surface area contributed by atoms with Crippen molar-refractivity contribution in [3.63, 3.8) is 0 Å². The molecule has 1 aliphatic heterocycles. The highest BCUT2D eigenvalue weighted by Crippen LogP contribution is 2.29. The number of ether oxygens (including phenoxy) is 1. The molecule has 0 aromatic carbocycles. The molecule has 0 aliphatic carbocycles. The van der Waals surface area contributed by atoms with E-state index in [2.05, 4.69) is 10.6 Å². The highest BCUT2D eigenvalue weighted by atomic mass is 35.5. The van der Waals surface area contributed by atoms with Crippen LogP contribution in [0.2, 0.25) is 0 Å². The smallest absolute Gasteiger partial charge is 0.227 e. The summed E-state index contributed by atoms with van der Waals surface area (Å²) >= 11 is 0. The molecule has 0 bridgehead atoms. The van der Waals surface area contributed by atoms with Gasteiger partial charge in [0.2, 0.25) is 11.8 Å². The standard InChI is InChI=1S/C14H27N3O3.ClH/c1-3-11(2)17-12(18)4-7-16-13(19)14(10-15)5-8-20-9-6-14;/h11H,3-10,15H2,1-2H3,(H,16,19)(H,17,18);1H. The van der Waals surface area contributed by atoms with E-state index in [1.165, 1.54) is 0 Å². The molecule has 1 fully saturated rings. The van der Waals surface area contributed by atoms with E-state index in [9.17, 15) is 9.59 Å². The molecule has 2 amide bonds. The van der Waals surface area contributed by atoms with Crippen LogP contribution in [-0.4, -0.2) is 44.2 Å². The predicted octanol–water partition coefficient (Wildman–Crippen LogP) is 0.585.